The van der Waals surface area contributed by atoms with E-state index in [0.29, 0.717) is 11.6 Å². The van der Waals surface area contributed by atoms with E-state index in [9.17, 15) is 0 Å². The first-order valence-corrected chi connectivity index (χ1v) is 7.84. The number of aromatic nitrogens is 2. The molecule has 0 fully saturated rings. The summed E-state index contributed by atoms with van der Waals surface area (Å²) >= 11 is 5.85. The molecule has 2 aromatic rings. The Hall–Kier alpha value is -2.21. The predicted molar refractivity (Wildman–Crippen MR) is 93.2 cm³/mol. The van der Waals surface area contributed by atoms with Gasteiger partial charge in [0.05, 0.1) is 13.1 Å². The van der Waals surface area contributed by atoms with Gasteiger partial charge in [-0.1, -0.05) is 11.6 Å². The Kier molecular flexibility index (Phi) is 6.75. The second-order valence-corrected chi connectivity index (χ2v) is 5.40. The monoisotopic (exact) mass is 335 g/mol. The lowest BCUT2D eigenvalue weighted by molar-refractivity contribution is 0.281. The lowest BCUT2D eigenvalue weighted by atomic mass is 10.3. The van der Waals surface area contributed by atoms with Crippen molar-refractivity contribution in [3.05, 3.63) is 47.7 Å². The fraction of sp³-hybridized carbons (Fsp3) is 0.375. The fourth-order valence-corrected chi connectivity index (χ4v) is 2.16. The molecule has 0 radical (unpaired) electrons. The van der Waals surface area contributed by atoms with Gasteiger partial charge in [-0.3, -0.25) is 9.67 Å². The molecule has 1 N–H and O–H groups in total. The number of nitrogens with zero attached hydrogens (tertiary/aromatic N) is 4. The summed E-state index contributed by atoms with van der Waals surface area (Å²) in [5.41, 5.74) is 0. The number of rotatable bonds is 7. The first-order chi connectivity index (χ1) is 11.2. The Bertz CT molecular complexity index is 597. The Morgan fingerprint density at radius 2 is 2.17 bits per heavy atom. The first kappa shape index (κ1) is 17.1. The molecule has 7 heteroatoms. The van der Waals surface area contributed by atoms with Crippen LogP contribution in [0.1, 0.15) is 0 Å². The Morgan fingerprint density at radius 3 is 2.83 bits per heavy atom. The third-order valence-electron chi connectivity index (χ3n) is 3.27. The maximum absolute atomic E-state index is 5.85. The van der Waals surface area contributed by atoms with E-state index in [1.165, 1.54) is 0 Å². The SMILES string of the molecule is CN=C(NCCn1cccn1)N(C)CCOc1ccc(Cl)cc1. The molecule has 23 heavy (non-hydrogen) atoms. The van der Waals surface area contributed by atoms with Crippen LogP contribution in [0.2, 0.25) is 5.02 Å². The largest absolute Gasteiger partial charge is 0.492 e. The third-order valence-corrected chi connectivity index (χ3v) is 3.52. The highest BCUT2D eigenvalue weighted by Gasteiger charge is 2.05. The van der Waals surface area contributed by atoms with E-state index in [1.54, 1.807) is 13.2 Å². The molecule has 0 aliphatic rings. The molecule has 0 saturated heterocycles. The molecule has 0 atom stereocenters. The van der Waals surface area contributed by atoms with Crippen molar-refractivity contribution in [2.45, 2.75) is 6.54 Å². The quantitative estimate of drug-likeness (QED) is 0.622. The van der Waals surface area contributed by atoms with Gasteiger partial charge in [0.15, 0.2) is 5.96 Å². The summed E-state index contributed by atoms with van der Waals surface area (Å²) in [5, 5.41) is 8.18. The van der Waals surface area contributed by atoms with Crippen LogP contribution < -0.4 is 10.1 Å². The number of ether oxygens (including phenoxy) is 1. The van der Waals surface area contributed by atoms with Crippen molar-refractivity contribution in [2.75, 3.05) is 33.8 Å². The standard InChI is InChI=1S/C16H22ClN5O/c1-18-16(19-9-11-22-10-3-8-20-22)21(2)12-13-23-15-6-4-14(17)5-7-15/h3-8,10H,9,11-13H2,1-2H3,(H,18,19). The highest BCUT2D eigenvalue weighted by molar-refractivity contribution is 6.30. The minimum absolute atomic E-state index is 0.567. The van der Waals surface area contributed by atoms with E-state index in [0.717, 1.165) is 31.3 Å². The van der Waals surface area contributed by atoms with Gasteiger partial charge in [-0.25, -0.2) is 0 Å². The zero-order chi connectivity index (χ0) is 16.5. The van der Waals surface area contributed by atoms with Crippen molar-refractivity contribution in [1.82, 2.24) is 20.0 Å². The second-order valence-electron chi connectivity index (χ2n) is 4.97. The molecule has 0 aliphatic carbocycles. The third kappa shape index (κ3) is 5.83. The van der Waals surface area contributed by atoms with Crippen LogP contribution in [0.3, 0.4) is 0 Å². The van der Waals surface area contributed by atoms with Gasteiger partial charge in [-0.15, -0.1) is 0 Å². The molecule has 0 bridgehead atoms. The van der Waals surface area contributed by atoms with Crippen LogP contribution in [0.15, 0.2) is 47.7 Å². The summed E-state index contributed by atoms with van der Waals surface area (Å²) in [6, 6.07) is 9.26. The Labute approximate surface area is 141 Å². The minimum atomic E-state index is 0.567. The summed E-state index contributed by atoms with van der Waals surface area (Å²) in [4.78, 5) is 6.30. The lowest BCUT2D eigenvalue weighted by Crippen LogP contribution is -2.42. The summed E-state index contributed by atoms with van der Waals surface area (Å²) in [6.07, 6.45) is 3.71. The van der Waals surface area contributed by atoms with E-state index in [2.05, 4.69) is 15.4 Å². The van der Waals surface area contributed by atoms with Crippen LogP contribution in [0.4, 0.5) is 0 Å². The number of halogens is 1. The maximum atomic E-state index is 5.85. The molecule has 0 aliphatic heterocycles. The zero-order valence-corrected chi connectivity index (χ0v) is 14.2. The number of likely N-dealkylation sites (N-methyl/N-ethyl adjacent to an activating group) is 1. The van der Waals surface area contributed by atoms with Crippen LogP contribution in [-0.2, 0) is 6.54 Å². The number of nitrogens with one attached hydrogen (secondary N) is 1. The van der Waals surface area contributed by atoms with Crippen LogP contribution in [0.25, 0.3) is 0 Å². The van der Waals surface area contributed by atoms with Gasteiger partial charge in [0.25, 0.3) is 0 Å². The Morgan fingerprint density at radius 1 is 1.39 bits per heavy atom. The smallest absolute Gasteiger partial charge is 0.193 e. The van der Waals surface area contributed by atoms with Crippen molar-refractivity contribution in [1.29, 1.82) is 0 Å². The molecule has 1 heterocycles. The lowest BCUT2D eigenvalue weighted by Gasteiger charge is -2.22. The minimum Gasteiger partial charge on any atom is -0.492 e. The normalized spacial score (nSPS) is 11.3. The molecular formula is C16H22ClN5O. The van der Waals surface area contributed by atoms with Gasteiger partial charge < -0.3 is 15.0 Å². The van der Waals surface area contributed by atoms with E-state index in [-0.39, 0.29) is 0 Å². The number of hydrogen-bond donors (Lipinski definition) is 1. The van der Waals surface area contributed by atoms with Crippen LogP contribution in [-0.4, -0.2) is 54.4 Å². The van der Waals surface area contributed by atoms with Crippen molar-refractivity contribution < 1.29 is 4.74 Å². The number of benzene rings is 1. The zero-order valence-electron chi connectivity index (χ0n) is 13.4. The van der Waals surface area contributed by atoms with Gasteiger partial charge in [0.1, 0.15) is 12.4 Å². The summed E-state index contributed by atoms with van der Waals surface area (Å²) < 4.78 is 7.57. The Balaban J connectivity index is 1.69. The van der Waals surface area contributed by atoms with Gasteiger partial charge in [-0.2, -0.15) is 5.10 Å². The molecule has 0 unspecified atom stereocenters. The van der Waals surface area contributed by atoms with Gasteiger partial charge >= 0.3 is 0 Å². The van der Waals surface area contributed by atoms with Gasteiger partial charge in [0, 0.05) is 38.1 Å². The van der Waals surface area contributed by atoms with Crippen molar-refractivity contribution in [2.24, 2.45) is 4.99 Å². The fourth-order valence-electron chi connectivity index (χ4n) is 2.04. The van der Waals surface area contributed by atoms with Crippen LogP contribution in [0, 0.1) is 0 Å². The number of hydrogen-bond acceptors (Lipinski definition) is 3. The summed E-state index contributed by atoms with van der Waals surface area (Å²) in [6.45, 7) is 2.85. The molecule has 124 valence electrons. The topological polar surface area (TPSA) is 54.7 Å². The molecule has 1 aromatic carbocycles. The average molecular weight is 336 g/mol. The molecule has 0 saturated carbocycles. The predicted octanol–water partition coefficient (Wildman–Crippen LogP) is 2.12. The second kappa shape index (κ2) is 9.05. The van der Waals surface area contributed by atoms with Crippen molar-refractivity contribution in [3.63, 3.8) is 0 Å². The van der Waals surface area contributed by atoms with E-state index in [4.69, 9.17) is 16.3 Å². The van der Waals surface area contributed by atoms with Gasteiger partial charge in [0.2, 0.25) is 0 Å². The highest BCUT2D eigenvalue weighted by Crippen LogP contribution is 2.15. The maximum Gasteiger partial charge on any atom is 0.193 e. The molecule has 1 aromatic heterocycles. The van der Waals surface area contributed by atoms with Crippen LogP contribution >= 0.6 is 11.6 Å². The molecule has 6 nitrogen and oxygen atoms in total. The van der Waals surface area contributed by atoms with Crippen LogP contribution in [0.5, 0.6) is 5.75 Å². The average Bonchev–Trinajstić information content (AvgIpc) is 3.06. The van der Waals surface area contributed by atoms with Crippen molar-refractivity contribution >= 4 is 17.6 Å². The molecule has 0 spiro atoms. The van der Waals surface area contributed by atoms with Crippen molar-refractivity contribution in [3.8, 4) is 5.75 Å². The van der Waals surface area contributed by atoms with E-state index >= 15 is 0 Å². The van der Waals surface area contributed by atoms with E-state index in [1.807, 2.05) is 53.2 Å². The highest BCUT2D eigenvalue weighted by atomic mass is 35.5. The molecular weight excluding hydrogens is 314 g/mol. The van der Waals surface area contributed by atoms with Gasteiger partial charge in [-0.05, 0) is 30.3 Å². The summed E-state index contributed by atoms with van der Waals surface area (Å²) in [5.74, 6) is 1.64. The van der Waals surface area contributed by atoms with E-state index < -0.39 is 0 Å². The number of guanidine groups is 1. The number of aliphatic imine (C=N–C) groups is 1. The molecule has 2 rings (SSSR count). The first-order valence-electron chi connectivity index (χ1n) is 7.46. The molecule has 0 amide bonds. The summed E-state index contributed by atoms with van der Waals surface area (Å²) in [7, 11) is 3.75.